The zero-order chi connectivity index (χ0) is 20.0. The topological polar surface area (TPSA) is 162 Å². The summed E-state index contributed by atoms with van der Waals surface area (Å²) in [6.45, 7) is 0.358. The highest BCUT2D eigenvalue weighted by atomic mass is 16.7. The van der Waals surface area contributed by atoms with E-state index in [1.54, 1.807) is 24.5 Å². The number of nitrogens with zero attached hydrogens (tertiary/aromatic N) is 3. The highest BCUT2D eigenvalue weighted by molar-refractivity contribution is 5.73. The summed E-state index contributed by atoms with van der Waals surface area (Å²) in [4.78, 5) is 25.7. The van der Waals surface area contributed by atoms with Crippen molar-refractivity contribution >= 4 is 5.97 Å². The Labute approximate surface area is 155 Å². The number of pyridine rings is 1. The number of aliphatic carboxylic acids is 1. The molecular formula is C16H23N3O8. The summed E-state index contributed by atoms with van der Waals surface area (Å²) in [5, 5.41) is 42.9. The summed E-state index contributed by atoms with van der Waals surface area (Å²) >= 11 is 0. The summed E-state index contributed by atoms with van der Waals surface area (Å²) in [6, 6.07) is 3.41. The fourth-order valence-electron chi connectivity index (χ4n) is 2.75. The minimum atomic E-state index is -1.79. The molecule has 2 rings (SSSR count). The van der Waals surface area contributed by atoms with Gasteiger partial charge >= 0.3 is 5.97 Å². The number of hydrogen-bond donors (Lipinski definition) is 4. The van der Waals surface area contributed by atoms with Crippen molar-refractivity contribution in [1.82, 2.24) is 9.99 Å². The van der Waals surface area contributed by atoms with Crippen molar-refractivity contribution in [2.45, 2.75) is 49.7 Å². The Balaban J connectivity index is 2.12. The third-order valence-electron chi connectivity index (χ3n) is 4.25. The lowest BCUT2D eigenvalue weighted by Gasteiger charge is -2.39. The van der Waals surface area contributed by atoms with E-state index in [4.69, 9.17) is 14.6 Å². The second-order valence-corrected chi connectivity index (χ2v) is 6.25. The number of aliphatic hydroxyl groups is 3. The minimum absolute atomic E-state index is 0.358. The van der Waals surface area contributed by atoms with Crippen molar-refractivity contribution < 1.29 is 34.7 Å². The van der Waals surface area contributed by atoms with E-state index in [0.29, 0.717) is 24.9 Å². The summed E-state index contributed by atoms with van der Waals surface area (Å²) in [5.74, 6) is -1.49. The van der Waals surface area contributed by atoms with Crippen molar-refractivity contribution in [2.75, 3.05) is 13.6 Å². The largest absolute Gasteiger partial charge is 0.479 e. The average Bonchev–Trinajstić information content (AvgIpc) is 2.67. The predicted octanol–water partition coefficient (Wildman–Crippen LogP) is -0.575. The van der Waals surface area contributed by atoms with Gasteiger partial charge < -0.3 is 29.9 Å². The summed E-state index contributed by atoms with van der Waals surface area (Å²) in [6.07, 6.45) is -5.06. The molecule has 0 amide bonds. The van der Waals surface area contributed by atoms with E-state index in [1.165, 1.54) is 12.1 Å². The van der Waals surface area contributed by atoms with Crippen LogP contribution in [0.25, 0.3) is 0 Å². The molecule has 1 aliphatic rings. The fourth-order valence-corrected chi connectivity index (χ4v) is 2.75. The number of carbonyl (C=O) groups is 1. The summed E-state index contributed by atoms with van der Waals surface area (Å²) < 4.78 is 10.9. The Kier molecular flexibility index (Phi) is 7.56. The first-order valence-electron chi connectivity index (χ1n) is 8.37. The molecule has 11 nitrogen and oxygen atoms in total. The number of ether oxygens (including phenoxy) is 2. The summed E-state index contributed by atoms with van der Waals surface area (Å²) in [5.41, 5.74) is 0.641. The van der Waals surface area contributed by atoms with Gasteiger partial charge in [0.2, 0.25) is 0 Å². The van der Waals surface area contributed by atoms with Gasteiger partial charge in [-0.3, -0.25) is 9.99 Å². The number of aromatic nitrogens is 1. The molecule has 1 fully saturated rings. The molecule has 2 unspecified atom stereocenters. The second-order valence-electron chi connectivity index (χ2n) is 6.25. The smallest absolute Gasteiger partial charge is 0.335 e. The van der Waals surface area contributed by atoms with E-state index in [1.807, 2.05) is 0 Å². The number of hydrogen-bond acceptors (Lipinski definition) is 9. The lowest BCUT2D eigenvalue weighted by atomic mass is 9.98. The highest BCUT2D eigenvalue weighted by Gasteiger charge is 2.48. The van der Waals surface area contributed by atoms with Gasteiger partial charge in [0.15, 0.2) is 12.4 Å². The lowest BCUT2D eigenvalue weighted by Crippen LogP contribution is -2.60. The van der Waals surface area contributed by atoms with Gasteiger partial charge in [-0.25, -0.2) is 4.79 Å². The van der Waals surface area contributed by atoms with Crippen LogP contribution in [0.3, 0.4) is 0 Å². The molecule has 2 heterocycles. The molecule has 1 aliphatic heterocycles. The SMILES string of the molecule is CN(CCCC(O[C@@H]1OC(C(=O)O)[C@H](O)[C@H](O)[C@@H]1O)c1cccnc1)N=O. The average molecular weight is 385 g/mol. The van der Waals surface area contributed by atoms with Crippen molar-refractivity contribution in [1.29, 1.82) is 0 Å². The molecular weight excluding hydrogens is 362 g/mol. The molecule has 6 atom stereocenters. The van der Waals surface area contributed by atoms with Gasteiger partial charge in [0.1, 0.15) is 18.3 Å². The van der Waals surface area contributed by atoms with Crippen molar-refractivity contribution in [3.05, 3.63) is 35.0 Å². The highest BCUT2D eigenvalue weighted by Crippen LogP contribution is 2.30. The van der Waals surface area contributed by atoms with Crippen LogP contribution in [0.1, 0.15) is 24.5 Å². The van der Waals surface area contributed by atoms with Crippen LogP contribution in [0.4, 0.5) is 0 Å². The number of nitroso groups, excluding NO2 is 1. The van der Waals surface area contributed by atoms with Crippen LogP contribution >= 0.6 is 0 Å². The quantitative estimate of drug-likeness (QED) is 0.320. The van der Waals surface area contributed by atoms with Gasteiger partial charge in [0, 0.05) is 26.0 Å². The first-order valence-corrected chi connectivity index (χ1v) is 8.37. The van der Waals surface area contributed by atoms with Gasteiger partial charge in [-0.1, -0.05) is 6.07 Å². The third-order valence-corrected chi connectivity index (χ3v) is 4.25. The Hall–Kier alpha value is -2.18. The molecule has 150 valence electrons. The van der Waals surface area contributed by atoms with E-state index < -0.39 is 42.8 Å². The Morgan fingerprint density at radius 3 is 2.70 bits per heavy atom. The fraction of sp³-hybridized carbons (Fsp3) is 0.625. The zero-order valence-electron chi connectivity index (χ0n) is 14.7. The third kappa shape index (κ3) is 5.40. The van der Waals surface area contributed by atoms with Crippen molar-refractivity contribution in [3.63, 3.8) is 0 Å². The van der Waals surface area contributed by atoms with Crippen molar-refractivity contribution in [3.8, 4) is 0 Å². The van der Waals surface area contributed by atoms with Crippen LogP contribution < -0.4 is 0 Å². The van der Waals surface area contributed by atoms with Crippen LogP contribution in [0, 0.1) is 4.91 Å². The maximum atomic E-state index is 11.2. The van der Waals surface area contributed by atoms with Gasteiger partial charge in [0.25, 0.3) is 0 Å². The molecule has 0 bridgehead atoms. The van der Waals surface area contributed by atoms with Crippen molar-refractivity contribution in [2.24, 2.45) is 5.29 Å². The number of aliphatic hydroxyl groups excluding tert-OH is 3. The van der Waals surface area contributed by atoms with E-state index >= 15 is 0 Å². The number of rotatable bonds is 9. The normalized spacial score (nSPS) is 29.1. The maximum Gasteiger partial charge on any atom is 0.335 e. The Morgan fingerprint density at radius 2 is 2.11 bits per heavy atom. The molecule has 0 aliphatic carbocycles. The lowest BCUT2D eigenvalue weighted by molar-refractivity contribution is -0.306. The van der Waals surface area contributed by atoms with Gasteiger partial charge in [-0.15, -0.1) is 4.91 Å². The molecule has 0 radical (unpaired) electrons. The standard InChI is InChI=1S/C16H23N3O8/c1-19(18-25)7-3-5-10(9-4-2-6-17-8-9)26-16-13(22)11(20)12(21)14(27-16)15(23)24/h2,4,6,8,10-14,16,20-22H,3,5,7H2,1H3,(H,23,24)/t10?,11-,12+,13-,14?,16+/m0/s1. The Morgan fingerprint density at radius 1 is 1.37 bits per heavy atom. The molecule has 11 heteroatoms. The van der Waals surface area contributed by atoms with Gasteiger partial charge in [0.05, 0.1) is 11.4 Å². The summed E-state index contributed by atoms with van der Waals surface area (Å²) in [7, 11) is 1.52. The molecule has 1 aromatic heterocycles. The molecule has 1 saturated heterocycles. The molecule has 1 aromatic rings. The van der Waals surface area contributed by atoms with E-state index in [9.17, 15) is 25.0 Å². The molecule has 0 saturated carbocycles. The van der Waals surface area contributed by atoms with E-state index in [0.717, 1.165) is 0 Å². The first kappa shape index (κ1) is 21.1. The van der Waals surface area contributed by atoms with E-state index in [-0.39, 0.29) is 0 Å². The molecule has 4 N–H and O–H groups in total. The van der Waals surface area contributed by atoms with Crippen LogP contribution in [-0.2, 0) is 14.3 Å². The van der Waals surface area contributed by atoms with Crippen LogP contribution in [0.5, 0.6) is 0 Å². The maximum absolute atomic E-state index is 11.2. The van der Waals surface area contributed by atoms with Crippen LogP contribution in [0.15, 0.2) is 29.8 Å². The van der Waals surface area contributed by atoms with Crippen LogP contribution in [0.2, 0.25) is 0 Å². The second kappa shape index (κ2) is 9.67. The molecule has 0 aromatic carbocycles. The molecule has 0 spiro atoms. The zero-order valence-corrected chi connectivity index (χ0v) is 14.7. The molecule has 27 heavy (non-hydrogen) atoms. The van der Waals surface area contributed by atoms with E-state index in [2.05, 4.69) is 10.3 Å². The predicted molar refractivity (Wildman–Crippen MR) is 90.0 cm³/mol. The van der Waals surface area contributed by atoms with Crippen LogP contribution in [-0.4, -0.2) is 80.7 Å². The first-order chi connectivity index (χ1) is 12.8. The number of carboxylic acids is 1. The van der Waals surface area contributed by atoms with Gasteiger partial charge in [-0.05, 0) is 24.5 Å². The minimum Gasteiger partial charge on any atom is -0.479 e. The van der Waals surface area contributed by atoms with Gasteiger partial charge in [-0.2, -0.15) is 0 Å². The Bertz CT molecular complexity index is 619. The monoisotopic (exact) mass is 385 g/mol. The number of carboxylic acid groups (broad SMARTS) is 1.